The fourth-order valence-electron chi connectivity index (χ4n) is 2.51. The first-order valence-electron chi connectivity index (χ1n) is 7.60. The van der Waals surface area contributed by atoms with Crippen LogP contribution < -0.4 is 5.32 Å². The molecule has 134 valence electrons. The van der Waals surface area contributed by atoms with Crippen molar-refractivity contribution < 1.29 is 18.8 Å². The number of aromatic nitrogens is 1. The molecular formula is C17H13ClFN3O4. The Bertz CT molecular complexity index is 1020. The SMILES string of the molecule is CCOC(=O)c1cc2c(Nc3ccc(Cl)c(F)c3)ccc([N+](=O)[O-])c2[nH]1. The zero-order chi connectivity index (χ0) is 18.8. The van der Waals surface area contributed by atoms with Gasteiger partial charge in [-0.25, -0.2) is 9.18 Å². The highest BCUT2D eigenvalue weighted by Gasteiger charge is 2.20. The van der Waals surface area contributed by atoms with E-state index in [9.17, 15) is 19.3 Å². The number of non-ortho nitro benzene ring substituents is 1. The molecule has 0 aliphatic heterocycles. The van der Waals surface area contributed by atoms with Gasteiger partial charge in [-0.2, -0.15) is 0 Å². The summed E-state index contributed by atoms with van der Waals surface area (Å²) in [5.41, 5.74) is 0.919. The van der Waals surface area contributed by atoms with Crippen LogP contribution in [0.5, 0.6) is 0 Å². The Kier molecular flexibility index (Phi) is 4.77. The van der Waals surface area contributed by atoms with Crippen LogP contribution in [0.2, 0.25) is 5.02 Å². The molecule has 0 spiro atoms. The molecule has 0 saturated carbocycles. The fourth-order valence-corrected chi connectivity index (χ4v) is 2.63. The molecule has 0 fully saturated rings. The summed E-state index contributed by atoms with van der Waals surface area (Å²) in [4.78, 5) is 25.4. The number of hydrogen-bond donors (Lipinski definition) is 2. The third-order valence-electron chi connectivity index (χ3n) is 3.66. The smallest absolute Gasteiger partial charge is 0.354 e. The van der Waals surface area contributed by atoms with Crippen molar-refractivity contribution in [3.8, 4) is 0 Å². The number of fused-ring (bicyclic) bond motifs is 1. The van der Waals surface area contributed by atoms with Gasteiger partial charge in [0.2, 0.25) is 0 Å². The number of anilines is 2. The molecule has 0 amide bonds. The Morgan fingerprint density at radius 3 is 2.77 bits per heavy atom. The maximum atomic E-state index is 13.6. The van der Waals surface area contributed by atoms with Gasteiger partial charge < -0.3 is 15.0 Å². The molecule has 0 aliphatic rings. The Labute approximate surface area is 151 Å². The second-order valence-corrected chi connectivity index (χ2v) is 5.74. The van der Waals surface area contributed by atoms with Gasteiger partial charge in [-0.05, 0) is 37.3 Å². The van der Waals surface area contributed by atoms with Crippen LogP contribution in [-0.2, 0) is 4.74 Å². The van der Waals surface area contributed by atoms with Gasteiger partial charge in [0.25, 0.3) is 5.69 Å². The predicted molar refractivity (Wildman–Crippen MR) is 95.6 cm³/mol. The third-order valence-corrected chi connectivity index (χ3v) is 3.97. The number of nitro groups is 1. The number of ether oxygens (including phenoxy) is 1. The van der Waals surface area contributed by atoms with E-state index < -0.39 is 16.7 Å². The Morgan fingerprint density at radius 2 is 2.12 bits per heavy atom. The summed E-state index contributed by atoms with van der Waals surface area (Å²) in [6.45, 7) is 1.83. The minimum absolute atomic E-state index is 0.0179. The molecule has 9 heteroatoms. The number of aromatic amines is 1. The predicted octanol–water partition coefficient (Wildman–Crippen LogP) is 4.79. The number of halogens is 2. The molecule has 3 rings (SSSR count). The first kappa shape index (κ1) is 17.7. The van der Waals surface area contributed by atoms with Gasteiger partial charge in [0.15, 0.2) is 0 Å². The molecule has 26 heavy (non-hydrogen) atoms. The minimum atomic E-state index is -0.624. The maximum Gasteiger partial charge on any atom is 0.354 e. The summed E-state index contributed by atoms with van der Waals surface area (Å²) < 4.78 is 18.6. The maximum absolute atomic E-state index is 13.6. The normalized spacial score (nSPS) is 10.7. The average Bonchev–Trinajstić information content (AvgIpc) is 3.04. The number of H-pyrrole nitrogens is 1. The molecule has 0 bridgehead atoms. The highest BCUT2D eigenvalue weighted by molar-refractivity contribution is 6.30. The van der Waals surface area contributed by atoms with Gasteiger partial charge in [0.1, 0.15) is 17.0 Å². The molecule has 0 saturated heterocycles. The lowest BCUT2D eigenvalue weighted by Gasteiger charge is -2.08. The average molecular weight is 378 g/mol. The quantitative estimate of drug-likeness (QED) is 0.378. The Balaban J connectivity index is 2.10. The summed E-state index contributed by atoms with van der Waals surface area (Å²) in [6.07, 6.45) is 0. The first-order valence-corrected chi connectivity index (χ1v) is 7.97. The molecule has 0 radical (unpaired) electrons. The van der Waals surface area contributed by atoms with Crippen molar-refractivity contribution in [2.24, 2.45) is 0 Å². The lowest BCUT2D eigenvalue weighted by atomic mass is 10.1. The van der Waals surface area contributed by atoms with Crippen molar-refractivity contribution in [1.29, 1.82) is 0 Å². The van der Waals surface area contributed by atoms with Crippen molar-refractivity contribution in [3.05, 3.63) is 63.0 Å². The number of carbonyl (C=O) groups is 1. The van der Waals surface area contributed by atoms with E-state index in [0.717, 1.165) is 0 Å². The van der Waals surface area contributed by atoms with Crippen LogP contribution >= 0.6 is 11.6 Å². The highest BCUT2D eigenvalue weighted by Crippen LogP contribution is 2.34. The Hall–Kier alpha value is -3.13. The molecule has 3 aromatic rings. The van der Waals surface area contributed by atoms with E-state index >= 15 is 0 Å². The second-order valence-electron chi connectivity index (χ2n) is 5.34. The van der Waals surface area contributed by atoms with Crippen LogP contribution in [0, 0.1) is 15.9 Å². The monoisotopic (exact) mass is 377 g/mol. The third kappa shape index (κ3) is 3.31. The number of esters is 1. The van der Waals surface area contributed by atoms with E-state index in [0.29, 0.717) is 16.8 Å². The van der Waals surface area contributed by atoms with Gasteiger partial charge in [-0.3, -0.25) is 10.1 Å². The van der Waals surface area contributed by atoms with Gasteiger partial charge >= 0.3 is 5.97 Å². The molecule has 2 N–H and O–H groups in total. The first-order chi connectivity index (χ1) is 12.4. The van der Waals surface area contributed by atoms with Crippen molar-refractivity contribution >= 4 is 45.5 Å². The van der Waals surface area contributed by atoms with E-state index in [2.05, 4.69) is 10.3 Å². The van der Waals surface area contributed by atoms with Crippen LogP contribution in [0.4, 0.5) is 21.5 Å². The summed E-state index contributed by atoms with van der Waals surface area (Å²) in [5, 5.41) is 14.6. The van der Waals surface area contributed by atoms with E-state index in [1.807, 2.05) is 0 Å². The molecular weight excluding hydrogens is 365 g/mol. The highest BCUT2D eigenvalue weighted by atomic mass is 35.5. The lowest BCUT2D eigenvalue weighted by Crippen LogP contribution is -2.04. The van der Waals surface area contributed by atoms with Crippen LogP contribution in [0.3, 0.4) is 0 Å². The zero-order valence-corrected chi connectivity index (χ0v) is 14.3. The number of carbonyl (C=O) groups excluding carboxylic acids is 1. The molecule has 7 nitrogen and oxygen atoms in total. The summed E-state index contributed by atoms with van der Waals surface area (Å²) in [7, 11) is 0. The van der Waals surface area contributed by atoms with Crippen molar-refractivity contribution in [3.63, 3.8) is 0 Å². The molecule has 0 unspecified atom stereocenters. The van der Waals surface area contributed by atoms with Gasteiger partial charge in [0.05, 0.1) is 16.6 Å². The van der Waals surface area contributed by atoms with Crippen molar-refractivity contribution in [2.75, 3.05) is 11.9 Å². The summed E-state index contributed by atoms with van der Waals surface area (Å²) >= 11 is 5.67. The van der Waals surface area contributed by atoms with Crippen molar-refractivity contribution in [2.45, 2.75) is 6.92 Å². The van der Waals surface area contributed by atoms with Crippen LogP contribution in [0.1, 0.15) is 17.4 Å². The number of rotatable bonds is 5. The molecule has 1 aromatic heterocycles. The zero-order valence-electron chi connectivity index (χ0n) is 13.5. The number of nitrogens with zero attached hydrogens (tertiary/aromatic N) is 1. The topological polar surface area (TPSA) is 97.3 Å². The lowest BCUT2D eigenvalue weighted by molar-refractivity contribution is -0.383. The molecule has 0 aliphatic carbocycles. The number of nitrogens with one attached hydrogen (secondary N) is 2. The second kappa shape index (κ2) is 7.01. The molecule has 1 heterocycles. The van der Waals surface area contributed by atoms with Crippen LogP contribution in [0.15, 0.2) is 36.4 Å². The fraction of sp³-hybridized carbons (Fsp3) is 0.118. The minimum Gasteiger partial charge on any atom is -0.461 e. The number of benzene rings is 2. The number of nitro benzene ring substituents is 1. The summed E-state index contributed by atoms with van der Waals surface area (Å²) in [5.74, 6) is -1.22. The largest absolute Gasteiger partial charge is 0.461 e. The van der Waals surface area contributed by atoms with E-state index in [1.54, 1.807) is 13.0 Å². The van der Waals surface area contributed by atoms with E-state index in [-0.39, 0.29) is 28.5 Å². The van der Waals surface area contributed by atoms with Crippen LogP contribution in [0.25, 0.3) is 10.9 Å². The molecule has 0 atom stereocenters. The van der Waals surface area contributed by atoms with Gasteiger partial charge in [-0.15, -0.1) is 0 Å². The van der Waals surface area contributed by atoms with E-state index in [1.165, 1.54) is 30.3 Å². The summed E-state index contributed by atoms with van der Waals surface area (Å²) in [6, 6.07) is 8.39. The number of hydrogen-bond acceptors (Lipinski definition) is 5. The Morgan fingerprint density at radius 1 is 1.35 bits per heavy atom. The van der Waals surface area contributed by atoms with Crippen molar-refractivity contribution in [1.82, 2.24) is 4.98 Å². The van der Waals surface area contributed by atoms with Gasteiger partial charge in [-0.1, -0.05) is 11.6 Å². The molecule has 2 aromatic carbocycles. The van der Waals surface area contributed by atoms with Crippen LogP contribution in [-0.4, -0.2) is 22.5 Å². The van der Waals surface area contributed by atoms with E-state index in [4.69, 9.17) is 16.3 Å². The standard InChI is InChI=1S/C17H13ClFN3O4/c1-2-26-17(23)14-8-10-13(5-6-15(22(24)25)16(10)21-14)20-9-3-4-11(18)12(19)7-9/h3-8,20-21H,2H2,1H3. The van der Waals surface area contributed by atoms with Gasteiger partial charge in [0, 0.05) is 22.8 Å².